The summed E-state index contributed by atoms with van der Waals surface area (Å²) < 4.78 is 10.1. The molecule has 1 aromatic heterocycles. The van der Waals surface area contributed by atoms with Crippen LogP contribution in [0.25, 0.3) is 0 Å². The highest BCUT2D eigenvalue weighted by atomic mass is 16.5. The number of nitrogens with zero attached hydrogens (tertiary/aromatic N) is 2. The number of hydrogen-bond donors (Lipinski definition) is 2. The van der Waals surface area contributed by atoms with Crippen LogP contribution < -0.4 is 0 Å². The Balaban J connectivity index is 2.12. The van der Waals surface area contributed by atoms with E-state index in [-0.39, 0.29) is 6.61 Å². The number of aromatic amines is 1. The van der Waals surface area contributed by atoms with Crippen molar-refractivity contribution in [2.45, 2.75) is 13.0 Å². The molecule has 0 unspecified atom stereocenters. The summed E-state index contributed by atoms with van der Waals surface area (Å²) in [5.74, 6) is 1.14. The lowest BCUT2D eigenvalue weighted by Crippen LogP contribution is -2.05. The third kappa shape index (κ3) is 3.82. The molecule has 0 bridgehead atoms. The summed E-state index contributed by atoms with van der Waals surface area (Å²) >= 11 is 0. The summed E-state index contributed by atoms with van der Waals surface area (Å²) in [5.41, 5.74) is 0. The van der Waals surface area contributed by atoms with Crippen molar-refractivity contribution in [2.24, 2.45) is 0 Å². The van der Waals surface area contributed by atoms with Gasteiger partial charge in [0.2, 0.25) is 0 Å². The highest BCUT2D eigenvalue weighted by Gasteiger charge is 2.01. The quantitative estimate of drug-likeness (QED) is 0.581. The van der Waals surface area contributed by atoms with Gasteiger partial charge in [0.15, 0.2) is 5.82 Å². The first-order valence-corrected chi connectivity index (χ1v) is 4.44. The van der Waals surface area contributed by atoms with Gasteiger partial charge in [0, 0.05) is 13.5 Å². The summed E-state index contributed by atoms with van der Waals surface area (Å²) in [5, 5.41) is 15.2. The van der Waals surface area contributed by atoms with Gasteiger partial charge < -0.3 is 14.6 Å². The van der Waals surface area contributed by atoms with Gasteiger partial charge >= 0.3 is 0 Å². The van der Waals surface area contributed by atoms with Gasteiger partial charge in [-0.1, -0.05) is 0 Å². The van der Waals surface area contributed by atoms with E-state index in [2.05, 4.69) is 15.2 Å². The second kappa shape index (κ2) is 6.47. The molecule has 0 amide bonds. The Morgan fingerprint density at radius 1 is 1.36 bits per heavy atom. The maximum Gasteiger partial charge on any atom is 0.153 e. The van der Waals surface area contributed by atoms with Gasteiger partial charge in [0.1, 0.15) is 12.4 Å². The van der Waals surface area contributed by atoms with E-state index in [1.165, 1.54) is 0 Å². The van der Waals surface area contributed by atoms with Crippen LogP contribution in [0.1, 0.15) is 11.6 Å². The highest BCUT2D eigenvalue weighted by Crippen LogP contribution is 1.94. The summed E-state index contributed by atoms with van der Waals surface area (Å²) in [6.45, 7) is 1.62. The second-order valence-electron chi connectivity index (χ2n) is 2.71. The number of nitrogens with one attached hydrogen (secondary N) is 1. The number of rotatable bonds is 7. The molecule has 0 aliphatic heterocycles. The molecule has 0 atom stereocenters. The Hall–Kier alpha value is -0.980. The van der Waals surface area contributed by atoms with Crippen molar-refractivity contribution in [2.75, 3.05) is 26.9 Å². The number of ether oxygens (including phenoxy) is 2. The van der Waals surface area contributed by atoms with Gasteiger partial charge in [-0.2, -0.15) is 5.10 Å². The number of methoxy groups -OCH3 is 1. The number of hydrogen-bond acceptors (Lipinski definition) is 5. The first kappa shape index (κ1) is 11.1. The monoisotopic (exact) mass is 201 g/mol. The van der Waals surface area contributed by atoms with Gasteiger partial charge in [-0.25, -0.2) is 4.98 Å². The molecule has 0 spiro atoms. The normalized spacial score (nSPS) is 10.7. The number of H-pyrrole nitrogens is 1. The smallest absolute Gasteiger partial charge is 0.153 e. The minimum absolute atomic E-state index is 0.114. The minimum atomic E-state index is -0.114. The van der Waals surface area contributed by atoms with Crippen molar-refractivity contribution in [1.82, 2.24) is 15.2 Å². The average molecular weight is 201 g/mol. The highest BCUT2D eigenvalue weighted by molar-refractivity contribution is 4.88. The molecule has 0 saturated heterocycles. The summed E-state index contributed by atoms with van der Waals surface area (Å²) in [6.07, 6.45) is 0.639. The maximum atomic E-state index is 8.71. The van der Waals surface area contributed by atoms with Crippen LogP contribution in [0, 0.1) is 0 Å². The van der Waals surface area contributed by atoms with E-state index >= 15 is 0 Å². The van der Waals surface area contributed by atoms with Crippen molar-refractivity contribution in [1.29, 1.82) is 0 Å². The van der Waals surface area contributed by atoms with Crippen LogP contribution >= 0.6 is 0 Å². The molecule has 1 aromatic rings. The Morgan fingerprint density at radius 2 is 2.21 bits per heavy atom. The van der Waals surface area contributed by atoms with Crippen molar-refractivity contribution >= 4 is 0 Å². The van der Waals surface area contributed by atoms with Crippen molar-refractivity contribution in [3.63, 3.8) is 0 Å². The molecule has 6 heteroatoms. The zero-order valence-corrected chi connectivity index (χ0v) is 8.19. The van der Waals surface area contributed by atoms with Crippen molar-refractivity contribution in [3.05, 3.63) is 11.6 Å². The van der Waals surface area contributed by atoms with Crippen molar-refractivity contribution < 1.29 is 14.6 Å². The topological polar surface area (TPSA) is 80.3 Å². The van der Waals surface area contributed by atoms with E-state index in [0.29, 0.717) is 37.9 Å². The maximum absolute atomic E-state index is 8.71. The fraction of sp³-hybridized carbons (Fsp3) is 0.750. The van der Waals surface area contributed by atoms with Crippen LogP contribution in [0.2, 0.25) is 0 Å². The van der Waals surface area contributed by atoms with E-state index in [0.717, 1.165) is 0 Å². The zero-order valence-electron chi connectivity index (χ0n) is 8.19. The van der Waals surface area contributed by atoms with E-state index < -0.39 is 0 Å². The fourth-order valence-electron chi connectivity index (χ4n) is 0.925. The van der Waals surface area contributed by atoms with Crippen LogP contribution in [-0.2, 0) is 22.5 Å². The van der Waals surface area contributed by atoms with E-state index in [1.54, 1.807) is 7.11 Å². The summed E-state index contributed by atoms with van der Waals surface area (Å²) in [6, 6.07) is 0. The molecule has 6 nitrogen and oxygen atoms in total. The zero-order chi connectivity index (χ0) is 10.2. The average Bonchev–Trinajstić information content (AvgIpc) is 2.65. The van der Waals surface area contributed by atoms with E-state index in [9.17, 15) is 0 Å². The van der Waals surface area contributed by atoms with Gasteiger partial charge in [-0.15, -0.1) is 0 Å². The predicted octanol–water partition coefficient (Wildman–Crippen LogP) is -0.498. The molecule has 0 aromatic carbocycles. The summed E-state index contributed by atoms with van der Waals surface area (Å²) in [7, 11) is 1.63. The molecule has 1 heterocycles. The molecule has 0 aliphatic carbocycles. The van der Waals surface area contributed by atoms with Crippen LogP contribution in [0.15, 0.2) is 0 Å². The predicted molar refractivity (Wildman–Crippen MR) is 48.7 cm³/mol. The first-order valence-electron chi connectivity index (χ1n) is 4.44. The lowest BCUT2D eigenvalue weighted by atomic mass is 10.4. The lowest BCUT2D eigenvalue weighted by molar-refractivity contribution is 0.0716. The molecule has 1 rings (SSSR count). The Kier molecular flexibility index (Phi) is 5.13. The van der Waals surface area contributed by atoms with E-state index in [4.69, 9.17) is 14.6 Å². The standard InChI is InChI=1S/C8H15N3O3/c1-13-4-5-14-3-2-7-9-8(6-12)11-10-7/h12H,2-6H2,1H3,(H,9,10,11). The van der Waals surface area contributed by atoms with Crippen LogP contribution in [-0.4, -0.2) is 47.2 Å². The molecule has 2 N–H and O–H groups in total. The molecule has 0 saturated carbocycles. The second-order valence-corrected chi connectivity index (χ2v) is 2.71. The molecule has 0 aliphatic rings. The third-order valence-corrected chi connectivity index (χ3v) is 1.63. The first-order chi connectivity index (χ1) is 6.86. The van der Waals surface area contributed by atoms with Crippen LogP contribution in [0.5, 0.6) is 0 Å². The Morgan fingerprint density at radius 3 is 2.86 bits per heavy atom. The van der Waals surface area contributed by atoms with Gasteiger partial charge in [0.25, 0.3) is 0 Å². The molecule has 14 heavy (non-hydrogen) atoms. The van der Waals surface area contributed by atoms with Crippen molar-refractivity contribution in [3.8, 4) is 0 Å². The largest absolute Gasteiger partial charge is 0.388 e. The molecular formula is C8H15N3O3. The molecule has 0 radical (unpaired) electrons. The molecule has 80 valence electrons. The number of aromatic nitrogens is 3. The van der Waals surface area contributed by atoms with Crippen LogP contribution in [0.3, 0.4) is 0 Å². The van der Waals surface area contributed by atoms with Gasteiger partial charge in [-0.3, -0.25) is 5.10 Å². The molecular weight excluding hydrogens is 186 g/mol. The fourth-order valence-corrected chi connectivity index (χ4v) is 0.925. The van der Waals surface area contributed by atoms with E-state index in [1.807, 2.05) is 0 Å². The van der Waals surface area contributed by atoms with Crippen LogP contribution in [0.4, 0.5) is 0 Å². The van der Waals surface area contributed by atoms with Gasteiger partial charge in [0.05, 0.1) is 19.8 Å². The van der Waals surface area contributed by atoms with Gasteiger partial charge in [-0.05, 0) is 0 Å². The summed E-state index contributed by atoms with van der Waals surface area (Å²) in [4.78, 5) is 4.02. The third-order valence-electron chi connectivity index (χ3n) is 1.63. The number of aliphatic hydroxyl groups is 1. The Bertz CT molecular complexity index is 252. The lowest BCUT2D eigenvalue weighted by Gasteiger charge is -2.00. The number of aliphatic hydroxyl groups excluding tert-OH is 1. The SMILES string of the molecule is COCCOCCc1n[nH]c(CO)n1. The minimum Gasteiger partial charge on any atom is -0.388 e. The molecule has 0 fully saturated rings. The Labute approximate surface area is 82.3 Å².